The first-order chi connectivity index (χ1) is 26.7. The number of nitro benzene ring substituents is 1. The molecule has 290 valence electrons. The predicted molar refractivity (Wildman–Crippen MR) is 211 cm³/mol. The number of carbonyl (C=O) groups excluding carboxylic acids is 2. The van der Waals surface area contributed by atoms with Gasteiger partial charge in [0.2, 0.25) is 11.8 Å². The Morgan fingerprint density at radius 3 is 2.13 bits per heavy atom. The van der Waals surface area contributed by atoms with Gasteiger partial charge in [-0.05, 0) is 53.8 Å². The lowest BCUT2D eigenvalue weighted by atomic mass is 9.99. The average Bonchev–Trinajstić information content (AvgIpc) is 3.21. The normalized spacial score (nSPS) is 18.8. The summed E-state index contributed by atoms with van der Waals surface area (Å²) in [7, 11) is 0. The van der Waals surface area contributed by atoms with Crippen molar-refractivity contribution < 1.29 is 29.1 Å². The first kappa shape index (κ1) is 39.4. The van der Waals surface area contributed by atoms with Crippen LogP contribution in [-0.2, 0) is 32.2 Å². The highest BCUT2D eigenvalue weighted by molar-refractivity contribution is 5.93. The molecule has 2 saturated heterocycles. The predicted octanol–water partition coefficient (Wildman–Crippen LogP) is 6.24. The van der Waals surface area contributed by atoms with Gasteiger partial charge >= 0.3 is 0 Å². The molecule has 5 N–H and O–H groups in total. The van der Waals surface area contributed by atoms with Crippen LogP contribution in [0.15, 0.2) is 97.1 Å². The summed E-state index contributed by atoms with van der Waals surface area (Å²) in [4.78, 5) is 40.1. The molecule has 2 aliphatic heterocycles. The van der Waals surface area contributed by atoms with Crippen molar-refractivity contribution in [3.05, 3.63) is 129 Å². The van der Waals surface area contributed by atoms with Gasteiger partial charge in [-0.15, -0.1) is 0 Å². The fourth-order valence-corrected chi connectivity index (χ4v) is 6.95. The zero-order valence-corrected chi connectivity index (χ0v) is 31.0. The van der Waals surface area contributed by atoms with Crippen LogP contribution in [0.2, 0.25) is 0 Å². The number of nitrogens with zero attached hydrogens (tertiary/aromatic N) is 3. The van der Waals surface area contributed by atoms with Gasteiger partial charge in [0.25, 0.3) is 5.69 Å². The molecule has 13 heteroatoms. The Balaban J connectivity index is 0.975. The van der Waals surface area contributed by atoms with Crippen LogP contribution in [0.3, 0.4) is 0 Å². The number of nitrogen functional groups attached to an aromatic ring is 1. The Kier molecular flexibility index (Phi) is 13.8. The molecule has 0 bridgehead atoms. The molecule has 0 aliphatic carbocycles. The molecule has 0 spiro atoms. The van der Waals surface area contributed by atoms with Crippen molar-refractivity contribution in [3.63, 3.8) is 0 Å². The smallest absolute Gasteiger partial charge is 0.269 e. The second kappa shape index (κ2) is 19.3. The number of unbranched alkanes of at least 4 members (excludes halogenated alkanes) is 2. The van der Waals surface area contributed by atoms with E-state index in [-0.39, 0.29) is 41.2 Å². The third-order valence-corrected chi connectivity index (χ3v) is 10.2. The molecule has 4 aromatic carbocycles. The second-order valence-electron chi connectivity index (χ2n) is 14.1. The maximum absolute atomic E-state index is 12.6. The number of ether oxygens (including phenoxy) is 2. The fraction of sp³-hybridized carbons (Fsp3) is 0.381. The number of nitrogens with one attached hydrogen (secondary N) is 2. The summed E-state index contributed by atoms with van der Waals surface area (Å²) in [5.74, 6) is -0.120. The van der Waals surface area contributed by atoms with E-state index in [1.54, 1.807) is 24.3 Å². The summed E-state index contributed by atoms with van der Waals surface area (Å²) in [5.41, 5.74) is 11.8. The molecule has 55 heavy (non-hydrogen) atoms. The highest BCUT2D eigenvalue weighted by atomic mass is 16.7. The van der Waals surface area contributed by atoms with Crippen molar-refractivity contribution in [1.82, 2.24) is 10.2 Å². The largest absolute Gasteiger partial charge is 0.397 e. The Morgan fingerprint density at radius 1 is 0.800 bits per heavy atom. The van der Waals surface area contributed by atoms with Crippen molar-refractivity contribution in [3.8, 4) is 0 Å². The Bertz CT molecular complexity index is 1860. The van der Waals surface area contributed by atoms with Crippen LogP contribution in [0.4, 0.5) is 22.7 Å². The number of para-hydroxylation sites is 2. The van der Waals surface area contributed by atoms with Crippen LogP contribution in [0.1, 0.15) is 73.2 Å². The second-order valence-corrected chi connectivity index (χ2v) is 14.1. The minimum absolute atomic E-state index is 0.0228. The van der Waals surface area contributed by atoms with E-state index >= 15 is 0 Å². The number of hydrogen-bond acceptors (Lipinski definition) is 10. The van der Waals surface area contributed by atoms with Gasteiger partial charge < -0.3 is 35.8 Å². The molecular weight excluding hydrogens is 700 g/mol. The van der Waals surface area contributed by atoms with E-state index in [2.05, 4.69) is 20.4 Å². The lowest BCUT2D eigenvalue weighted by Crippen LogP contribution is -2.49. The van der Waals surface area contributed by atoms with Gasteiger partial charge in [-0.25, -0.2) is 0 Å². The first-order valence-corrected chi connectivity index (χ1v) is 19.0. The van der Waals surface area contributed by atoms with E-state index in [9.17, 15) is 24.8 Å². The third kappa shape index (κ3) is 11.3. The SMILES string of the molecule is Nc1ccccc1NC(=O)CCCCCC(=O)NCc1ccc([C@@H]2O[C@H](CN3CCN(c4ccc([N+](=O)[O-])cc4)CC3)C[C@H](c3ccc(CO)cc3)O2)cc1. The topological polar surface area (TPSA) is 173 Å². The summed E-state index contributed by atoms with van der Waals surface area (Å²) in [5, 5.41) is 26.5. The zero-order chi connectivity index (χ0) is 38.6. The standard InChI is InChI=1S/C42H50N6O7/c43-37-6-4-5-7-38(37)45-41(51)9-3-1-2-8-40(50)44-27-30-10-16-33(17-11-30)42-54-36(26-39(55-42)32-14-12-31(29-49)13-15-32)28-46-22-24-47(25-23-46)34-18-20-35(21-19-34)48(52)53/h4-7,10-21,36,39,42,49H,1-3,8-9,22-29,43H2,(H,44,50)(H,45,51)/t36-,39+,42+/m0/s1. The van der Waals surface area contributed by atoms with Gasteiger partial charge in [-0.2, -0.15) is 0 Å². The Hall–Kier alpha value is -5.34. The van der Waals surface area contributed by atoms with E-state index in [1.165, 1.54) is 0 Å². The van der Waals surface area contributed by atoms with E-state index in [1.807, 2.05) is 72.8 Å². The highest BCUT2D eigenvalue weighted by Gasteiger charge is 2.34. The number of non-ortho nitro benzene ring substituents is 1. The number of carbonyl (C=O) groups is 2. The molecule has 3 atom stereocenters. The Morgan fingerprint density at radius 2 is 1.45 bits per heavy atom. The van der Waals surface area contributed by atoms with Crippen LogP contribution in [0.25, 0.3) is 0 Å². The lowest BCUT2D eigenvalue weighted by molar-refractivity contribution is -0.384. The zero-order valence-electron chi connectivity index (χ0n) is 31.0. The number of amides is 2. The van der Waals surface area contributed by atoms with Crippen LogP contribution < -0.4 is 21.3 Å². The van der Waals surface area contributed by atoms with Gasteiger partial charge in [-0.3, -0.25) is 24.6 Å². The molecular formula is C42H50N6O7. The molecule has 2 fully saturated rings. The van der Waals surface area contributed by atoms with Gasteiger partial charge in [0, 0.05) is 81.9 Å². The molecule has 2 heterocycles. The van der Waals surface area contributed by atoms with Crippen LogP contribution in [0, 0.1) is 10.1 Å². The summed E-state index contributed by atoms with van der Waals surface area (Å²) in [6.07, 6.45) is 2.72. The minimum Gasteiger partial charge on any atom is -0.397 e. The van der Waals surface area contributed by atoms with Gasteiger partial charge in [0.15, 0.2) is 6.29 Å². The van der Waals surface area contributed by atoms with Gasteiger partial charge in [0.1, 0.15) is 0 Å². The number of aliphatic hydroxyl groups is 1. The molecule has 13 nitrogen and oxygen atoms in total. The first-order valence-electron chi connectivity index (χ1n) is 19.0. The number of anilines is 3. The molecule has 4 aromatic rings. The number of nitro groups is 1. The molecule has 0 saturated carbocycles. The van der Waals surface area contributed by atoms with Crippen molar-refractivity contribution in [2.24, 2.45) is 0 Å². The number of hydrogen-bond donors (Lipinski definition) is 4. The number of benzene rings is 4. The van der Waals surface area contributed by atoms with Crippen molar-refractivity contribution in [2.75, 3.05) is 48.7 Å². The van der Waals surface area contributed by atoms with Crippen LogP contribution in [-0.4, -0.2) is 65.6 Å². The van der Waals surface area contributed by atoms with Crippen LogP contribution in [0.5, 0.6) is 0 Å². The molecule has 2 aliphatic rings. The third-order valence-electron chi connectivity index (χ3n) is 10.2. The maximum atomic E-state index is 12.6. The Labute approximate surface area is 321 Å². The number of piperazine rings is 1. The maximum Gasteiger partial charge on any atom is 0.269 e. The van der Waals surface area contributed by atoms with Crippen molar-refractivity contribution >= 4 is 34.6 Å². The molecule has 0 aromatic heterocycles. The van der Waals surface area contributed by atoms with E-state index in [0.29, 0.717) is 50.0 Å². The average molecular weight is 751 g/mol. The van der Waals surface area contributed by atoms with Gasteiger partial charge in [-0.1, -0.05) is 67.1 Å². The van der Waals surface area contributed by atoms with E-state index in [4.69, 9.17) is 15.2 Å². The molecule has 6 rings (SSSR count). The molecule has 2 amide bonds. The summed E-state index contributed by atoms with van der Waals surface area (Å²) in [6.45, 7) is 4.39. The molecule has 0 unspecified atom stereocenters. The van der Waals surface area contributed by atoms with Crippen molar-refractivity contribution in [1.29, 1.82) is 0 Å². The molecule has 0 radical (unpaired) electrons. The van der Waals surface area contributed by atoms with E-state index in [0.717, 1.165) is 67.1 Å². The lowest BCUT2D eigenvalue weighted by Gasteiger charge is -2.41. The quantitative estimate of drug-likeness (QED) is 0.0445. The number of aliphatic hydroxyl groups excluding tert-OH is 1. The summed E-state index contributed by atoms with van der Waals surface area (Å²) >= 11 is 0. The summed E-state index contributed by atoms with van der Waals surface area (Å²) in [6, 6.07) is 29.6. The van der Waals surface area contributed by atoms with Crippen LogP contribution >= 0.6 is 0 Å². The van der Waals surface area contributed by atoms with E-state index < -0.39 is 6.29 Å². The van der Waals surface area contributed by atoms with Gasteiger partial charge in [0.05, 0.1) is 35.1 Å². The fourth-order valence-electron chi connectivity index (χ4n) is 6.95. The minimum atomic E-state index is -0.585. The summed E-state index contributed by atoms with van der Waals surface area (Å²) < 4.78 is 13.1. The number of nitrogens with two attached hydrogens (primary N) is 1. The highest BCUT2D eigenvalue weighted by Crippen LogP contribution is 2.38. The number of rotatable bonds is 16. The monoisotopic (exact) mass is 750 g/mol. The van der Waals surface area contributed by atoms with Crippen molar-refractivity contribution in [2.45, 2.75) is 70.2 Å².